The minimum atomic E-state index is 0.316. The van der Waals surface area contributed by atoms with Crippen molar-refractivity contribution in [1.82, 2.24) is 4.37 Å². The van der Waals surface area contributed by atoms with Gasteiger partial charge in [-0.05, 0) is 18.0 Å². The zero-order valence-electron chi connectivity index (χ0n) is 8.86. The molecule has 6 heteroatoms. The number of nitrogen functional groups attached to an aromatic ring is 1. The highest BCUT2D eigenvalue weighted by Crippen LogP contribution is 2.28. The van der Waals surface area contributed by atoms with Crippen molar-refractivity contribution in [3.63, 3.8) is 0 Å². The van der Waals surface area contributed by atoms with E-state index in [1.165, 1.54) is 11.5 Å². The summed E-state index contributed by atoms with van der Waals surface area (Å²) in [7, 11) is 3.59. The Hall–Kier alpha value is -1.32. The number of hydrogen-bond donors (Lipinski definition) is 1. The smallest absolute Gasteiger partial charge is 0.157 e. The van der Waals surface area contributed by atoms with Crippen molar-refractivity contribution in [1.29, 1.82) is 5.26 Å². The lowest BCUT2D eigenvalue weighted by atomic mass is 10.3. The van der Waals surface area contributed by atoms with Gasteiger partial charge in [-0.15, -0.1) is 0 Å². The van der Waals surface area contributed by atoms with E-state index in [4.69, 9.17) is 15.7 Å². The molecule has 82 valence electrons. The summed E-state index contributed by atoms with van der Waals surface area (Å²) >= 11 is 1.25. The van der Waals surface area contributed by atoms with Crippen LogP contribution < -0.4 is 10.6 Å². The summed E-state index contributed by atoms with van der Waals surface area (Å²) in [6.45, 7) is 1.53. The number of aromatic nitrogens is 1. The second-order valence-corrected chi connectivity index (χ2v) is 3.88. The molecule has 0 unspecified atom stereocenters. The van der Waals surface area contributed by atoms with Crippen molar-refractivity contribution < 1.29 is 4.74 Å². The fourth-order valence-corrected chi connectivity index (χ4v) is 1.95. The Kier molecular flexibility index (Phi) is 4.34. The molecule has 0 aliphatic carbocycles. The largest absolute Gasteiger partial charge is 0.385 e. The third kappa shape index (κ3) is 2.81. The Morgan fingerprint density at radius 3 is 3.00 bits per heavy atom. The van der Waals surface area contributed by atoms with Crippen molar-refractivity contribution >= 4 is 22.4 Å². The summed E-state index contributed by atoms with van der Waals surface area (Å²) in [5.74, 6) is 0.316. The number of anilines is 2. The van der Waals surface area contributed by atoms with E-state index in [2.05, 4.69) is 10.4 Å². The first kappa shape index (κ1) is 11.8. The molecule has 15 heavy (non-hydrogen) atoms. The number of nitrogens with zero attached hydrogens (tertiary/aromatic N) is 3. The van der Waals surface area contributed by atoms with Gasteiger partial charge in [-0.1, -0.05) is 0 Å². The SMILES string of the molecule is COCCCN(C)c1snc(N)c1C#N. The number of ether oxygens (including phenoxy) is 1. The molecule has 0 radical (unpaired) electrons. The molecule has 0 aliphatic rings. The van der Waals surface area contributed by atoms with E-state index in [1.54, 1.807) is 7.11 Å². The van der Waals surface area contributed by atoms with Crippen molar-refractivity contribution in [3.05, 3.63) is 5.56 Å². The summed E-state index contributed by atoms with van der Waals surface area (Å²) in [6.07, 6.45) is 0.912. The van der Waals surface area contributed by atoms with Gasteiger partial charge in [0.2, 0.25) is 0 Å². The molecule has 0 aromatic carbocycles. The molecule has 1 rings (SSSR count). The van der Waals surface area contributed by atoms with Gasteiger partial charge in [0.1, 0.15) is 16.6 Å². The van der Waals surface area contributed by atoms with Crippen molar-refractivity contribution in [3.8, 4) is 6.07 Å². The van der Waals surface area contributed by atoms with Gasteiger partial charge in [-0.3, -0.25) is 0 Å². The van der Waals surface area contributed by atoms with Crippen LogP contribution in [-0.2, 0) is 4.74 Å². The molecule has 0 amide bonds. The Morgan fingerprint density at radius 1 is 1.67 bits per heavy atom. The van der Waals surface area contributed by atoms with Crippen LogP contribution in [0.15, 0.2) is 0 Å². The minimum Gasteiger partial charge on any atom is -0.385 e. The average Bonchev–Trinajstić information content (AvgIpc) is 2.59. The molecule has 1 aromatic rings. The van der Waals surface area contributed by atoms with E-state index in [0.29, 0.717) is 18.0 Å². The topological polar surface area (TPSA) is 75.2 Å². The zero-order chi connectivity index (χ0) is 11.3. The Balaban J connectivity index is 2.65. The third-order valence-corrected chi connectivity index (χ3v) is 2.98. The zero-order valence-corrected chi connectivity index (χ0v) is 9.67. The molecule has 5 nitrogen and oxygen atoms in total. The van der Waals surface area contributed by atoms with Crippen LogP contribution in [0.3, 0.4) is 0 Å². The standard InChI is InChI=1S/C9H14N4OS/c1-13(4-3-5-14-2)9-7(6-10)8(11)12-15-9/h3-5H2,1-2H3,(H2,11,12). The number of methoxy groups -OCH3 is 1. The summed E-state index contributed by atoms with van der Waals surface area (Å²) in [5.41, 5.74) is 6.04. The van der Waals surface area contributed by atoms with E-state index in [1.807, 2.05) is 11.9 Å². The van der Waals surface area contributed by atoms with Gasteiger partial charge < -0.3 is 15.4 Å². The van der Waals surface area contributed by atoms with E-state index in [0.717, 1.165) is 18.0 Å². The normalized spacial score (nSPS) is 9.93. The molecule has 0 bridgehead atoms. The Bertz CT molecular complexity index is 357. The van der Waals surface area contributed by atoms with Crippen LogP contribution >= 0.6 is 11.5 Å². The molecular weight excluding hydrogens is 212 g/mol. The maximum Gasteiger partial charge on any atom is 0.157 e. The average molecular weight is 226 g/mol. The van der Waals surface area contributed by atoms with Crippen LogP contribution in [0.25, 0.3) is 0 Å². The van der Waals surface area contributed by atoms with Crippen LogP contribution in [0.1, 0.15) is 12.0 Å². The van der Waals surface area contributed by atoms with Gasteiger partial charge >= 0.3 is 0 Å². The third-order valence-electron chi connectivity index (χ3n) is 2.00. The van der Waals surface area contributed by atoms with Crippen LogP contribution in [0.4, 0.5) is 10.8 Å². The van der Waals surface area contributed by atoms with Gasteiger partial charge in [0.15, 0.2) is 5.82 Å². The predicted molar refractivity (Wildman–Crippen MR) is 61.0 cm³/mol. The molecule has 0 fully saturated rings. The predicted octanol–water partition coefficient (Wildman–Crippen LogP) is 1.07. The summed E-state index contributed by atoms with van der Waals surface area (Å²) < 4.78 is 8.92. The number of nitriles is 1. The first-order valence-corrected chi connectivity index (χ1v) is 5.33. The molecular formula is C9H14N4OS. The molecule has 0 spiro atoms. The van der Waals surface area contributed by atoms with Crippen LogP contribution in [-0.4, -0.2) is 31.7 Å². The van der Waals surface area contributed by atoms with E-state index in [9.17, 15) is 0 Å². The molecule has 0 saturated heterocycles. The lowest BCUT2D eigenvalue weighted by Crippen LogP contribution is -2.19. The molecule has 1 heterocycles. The number of rotatable bonds is 5. The van der Waals surface area contributed by atoms with Crippen LogP contribution in [0, 0.1) is 11.3 Å². The fourth-order valence-electron chi connectivity index (χ4n) is 1.21. The quantitative estimate of drug-likeness (QED) is 0.760. The monoisotopic (exact) mass is 226 g/mol. The molecule has 0 saturated carbocycles. The summed E-state index contributed by atoms with van der Waals surface area (Å²) in [6, 6.07) is 2.07. The minimum absolute atomic E-state index is 0.316. The van der Waals surface area contributed by atoms with E-state index >= 15 is 0 Å². The second kappa shape index (κ2) is 5.53. The highest BCUT2D eigenvalue weighted by atomic mass is 32.1. The van der Waals surface area contributed by atoms with E-state index in [-0.39, 0.29) is 0 Å². The first-order valence-electron chi connectivity index (χ1n) is 4.56. The fraction of sp³-hybridized carbons (Fsp3) is 0.556. The molecule has 2 N–H and O–H groups in total. The van der Waals surface area contributed by atoms with Crippen molar-refractivity contribution in [2.75, 3.05) is 37.9 Å². The van der Waals surface area contributed by atoms with E-state index < -0.39 is 0 Å². The van der Waals surface area contributed by atoms with Crippen LogP contribution in [0.5, 0.6) is 0 Å². The van der Waals surface area contributed by atoms with Crippen molar-refractivity contribution in [2.24, 2.45) is 0 Å². The van der Waals surface area contributed by atoms with Crippen LogP contribution in [0.2, 0.25) is 0 Å². The first-order chi connectivity index (χ1) is 7.20. The lowest BCUT2D eigenvalue weighted by molar-refractivity contribution is 0.196. The maximum absolute atomic E-state index is 8.89. The summed E-state index contributed by atoms with van der Waals surface area (Å²) in [5, 5.41) is 9.72. The van der Waals surface area contributed by atoms with Gasteiger partial charge in [-0.25, -0.2) is 0 Å². The summed E-state index contributed by atoms with van der Waals surface area (Å²) in [4.78, 5) is 1.98. The molecule has 1 aromatic heterocycles. The van der Waals surface area contributed by atoms with Gasteiger partial charge in [0, 0.05) is 27.3 Å². The van der Waals surface area contributed by atoms with Gasteiger partial charge in [0.05, 0.1) is 0 Å². The lowest BCUT2D eigenvalue weighted by Gasteiger charge is -2.16. The Morgan fingerprint density at radius 2 is 2.40 bits per heavy atom. The number of nitrogens with two attached hydrogens (primary N) is 1. The Labute approximate surface area is 93.2 Å². The highest BCUT2D eigenvalue weighted by molar-refractivity contribution is 7.10. The molecule has 0 aliphatic heterocycles. The molecule has 0 atom stereocenters. The second-order valence-electron chi connectivity index (χ2n) is 3.13. The maximum atomic E-state index is 8.89. The van der Waals surface area contributed by atoms with Crippen molar-refractivity contribution in [2.45, 2.75) is 6.42 Å². The number of hydrogen-bond acceptors (Lipinski definition) is 6. The van der Waals surface area contributed by atoms with Gasteiger partial charge in [0.25, 0.3) is 0 Å². The highest BCUT2D eigenvalue weighted by Gasteiger charge is 2.14. The van der Waals surface area contributed by atoms with Gasteiger partial charge in [-0.2, -0.15) is 9.64 Å².